The van der Waals surface area contributed by atoms with Crippen molar-refractivity contribution in [2.75, 3.05) is 20.8 Å². The van der Waals surface area contributed by atoms with E-state index in [4.69, 9.17) is 18.6 Å². The largest absolute Gasteiger partial charge is 0.493 e. The van der Waals surface area contributed by atoms with Gasteiger partial charge in [0, 0.05) is 23.1 Å². The standard InChI is InChI=1S/C20H18O6/c1-12-8-20(22)26-18-10-14(5-6-15(12)18)25-11-16(21)13-4-7-17(23-2)19(9-13)24-3/h4-10H,11H2,1-3H3. The van der Waals surface area contributed by atoms with Crippen molar-refractivity contribution in [1.29, 1.82) is 0 Å². The third-order valence-electron chi connectivity index (χ3n) is 4.00. The molecule has 26 heavy (non-hydrogen) atoms. The van der Waals surface area contributed by atoms with Gasteiger partial charge in [-0.2, -0.15) is 0 Å². The van der Waals surface area contributed by atoms with E-state index in [2.05, 4.69) is 0 Å². The van der Waals surface area contributed by atoms with Crippen molar-refractivity contribution in [3.8, 4) is 17.2 Å². The summed E-state index contributed by atoms with van der Waals surface area (Å²) in [4.78, 5) is 23.9. The Morgan fingerprint density at radius 3 is 2.50 bits per heavy atom. The van der Waals surface area contributed by atoms with Gasteiger partial charge in [0.05, 0.1) is 14.2 Å². The van der Waals surface area contributed by atoms with Crippen LogP contribution in [0.25, 0.3) is 11.0 Å². The summed E-state index contributed by atoms with van der Waals surface area (Å²) in [7, 11) is 3.04. The first-order chi connectivity index (χ1) is 12.5. The second-order valence-electron chi connectivity index (χ2n) is 5.69. The lowest BCUT2D eigenvalue weighted by molar-refractivity contribution is 0.0921. The highest BCUT2D eigenvalue weighted by molar-refractivity contribution is 5.98. The topological polar surface area (TPSA) is 75.0 Å². The predicted molar refractivity (Wildman–Crippen MR) is 96.6 cm³/mol. The van der Waals surface area contributed by atoms with Gasteiger partial charge in [0.25, 0.3) is 0 Å². The molecule has 6 nitrogen and oxygen atoms in total. The molecule has 3 rings (SSSR count). The highest BCUT2D eigenvalue weighted by atomic mass is 16.5. The van der Waals surface area contributed by atoms with Crippen molar-refractivity contribution >= 4 is 16.8 Å². The molecule has 1 aromatic heterocycles. The van der Waals surface area contributed by atoms with Crippen LogP contribution in [0.5, 0.6) is 17.2 Å². The van der Waals surface area contributed by atoms with E-state index in [0.717, 1.165) is 10.9 Å². The number of carbonyl (C=O) groups is 1. The Morgan fingerprint density at radius 2 is 1.77 bits per heavy atom. The van der Waals surface area contributed by atoms with Gasteiger partial charge in [-0.15, -0.1) is 0 Å². The van der Waals surface area contributed by atoms with Crippen LogP contribution in [0, 0.1) is 6.92 Å². The number of aryl methyl sites for hydroxylation is 1. The normalized spacial score (nSPS) is 10.6. The van der Waals surface area contributed by atoms with Crippen molar-refractivity contribution in [3.63, 3.8) is 0 Å². The van der Waals surface area contributed by atoms with Crippen molar-refractivity contribution in [1.82, 2.24) is 0 Å². The summed E-state index contributed by atoms with van der Waals surface area (Å²) in [6, 6.07) is 11.5. The lowest BCUT2D eigenvalue weighted by Crippen LogP contribution is -2.12. The van der Waals surface area contributed by atoms with Crippen LogP contribution in [0.3, 0.4) is 0 Å². The minimum Gasteiger partial charge on any atom is -0.493 e. The van der Waals surface area contributed by atoms with Gasteiger partial charge >= 0.3 is 5.63 Å². The fourth-order valence-electron chi connectivity index (χ4n) is 2.64. The van der Waals surface area contributed by atoms with Gasteiger partial charge < -0.3 is 18.6 Å². The monoisotopic (exact) mass is 354 g/mol. The molecule has 6 heteroatoms. The zero-order valence-corrected chi connectivity index (χ0v) is 14.7. The molecular formula is C20H18O6. The molecule has 0 atom stereocenters. The van der Waals surface area contributed by atoms with Gasteiger partial charge in [-0.05, 0) is 42.8 Å². The van der Waals surface area contributed by atoms with Crippen LogP contribution in [-0.4, -0.2) is 26.6 Å². The summed E-state index contributed by atoms with van der Waals surface area (Å²) in [5.41, 5.74) is 1.27. The molecule has 3 aromatic rings. The average Bonchev–Trinajstić information content (AvgIpc) is 2.64. The maximum atomic E-state index is 12.4. The molecule has 0 N–H and O–H groups in total. The molecule has 0 fully saturated rings. The number of Topliss-reactive ketones (excluding diaryl/α,β-unsaturated/α-hetero) is 1. The molecule has 0 radical (unpaired) electrons. The number of benzene rings is 2. The summed E-state index contributed by atoms with van der Waals surface area (Å²) in [6.07, 6.45) is 0. The predicted octanol–water partition coefficient (Wildman–Crippen LogP) is 3.38. The van der Waals surface area contributed by atoms with Gasteiger partial charge in [0.2, 0.25) is 0 Å². The average molecular weight is 354 g/mol. The van der Waals surface area contributed by atoms with E-state index in [1.54, 1.807) is 36.4 Å². The van der Waals surface area contributed by atoms with E-state index in [1.807, 2.05) is 6.92 Å². The first-order valence-electron chi connectivity index (χ1n) is 7.94. The van der Waals surface area contributed by atoms with Crippen molar-refractivity contribution < 1.29 is 23.4 Å². The molecule has 0 aliphatic carbocycles. The lowest BCUT2D eigenvalue weighted by atomic mass is 10.1. The van der Waals surface area contributed by atoms with Crippen LogP contribution < -0.4 is 19.8 Å². The SMILES string of the molecule is COc1ccc(C(=O)COc2ccc3c(C)cc(=O)oc3c2)cc1OC. The van der Waals surface area contributed by atoms with E-state index in [1.165, 1.54) is 20.3 Å². The smallest absolute Gasteiger partial charge is 0.336 e. The number of ketones is 1. The molecule has 0 bridgehead atoms. The quantitative estimate of drug-likeness (QED) is 0.499. The maximum absolute atomic E-state index is 12.4. The Labute approximate surface area is 149 Å². The number of hydrogen-bond donors (Lipinski definition) is 0. The Morgan fingerprint density at radius 1 is 1.00 bits per heavy atom. The van der Waals surface area contributed by atoms with Crippen LogP contribution in [0.2, 0.25) is 0 Å². The summed E-state index contributed by atoms with van der Waals surface area (Å²) in [5, 5.41) is 0.822. The van der Waals surface area contributed by atoms with E-state index in [-0.39, 0.29) is 12.4 Å². The fourth-order valence-corrected chi connectivity index (χ4v) is 2.64. The third kappa shape index (κ3) is 3.54. The molecule has 0 aliphatic rings. The molecule has 134 valence electrons. The molecule has 0 aliphatic heterocycles. The molecule has 0 saturated heterocycles. The number of hydrogen-bond acceptors (Lipinski definition) is 6. The Kier molecular flexibility index (Phi) is 4.93. The van der Waals surface area contributed by atoms with Crippen LogP contribution in [0.1, 0.15) is 15.9 Å². The molecule has 0 spiro atoms. The van der Waals surface area contributed by atoms with Crippen molar-refractivity contribution in [2.24, 2.45) is 0 Å². The minimum absolute atomic E-state index is 0.156. The maximum Gasteiger partial charge on any atom is 0.336 e. The van der Waals surface area contributed by atoms with Gasteiger partial charge in [-0.3, -0.25) is 4.79 Å². The number of fused-ring (bicyclic) bond motifs is 1. The second-order valence-corrected chi connectivity index (χ2v) is 5.69. The summed E-state index contributed by atoms with van der Waals surface area (Å²) < 4.78 is 21.1. The Balaban J connectivity index is 1.77. The van der Waals surface area contributed by atoms with Gasteiger partial charge in [0.15, 0.2) is 23.9 Å². The second kappa shape index (κ2) is 7.31. The van der Waals surface area contributed by atoms with Crippen molar-refractivity contribution in [3.05, 3.63) is 64.0 Å². The molecule has 0 amide bonds. The minimum atomic E-state index is -0.423. The molecular weight excluding hydrogens is 336 g/mol. The van der Waals surface area contributed by atoms with E-state index in [9.17, 15) is 9.59 Å². The van der Waals surface area contributed by atoms with Gasteiger partial charge in [-0.25, -0.2) is 4.79 Å². The van der Waals surface area contributed by atoms with E-state index < -0.39 is 5.63 Å². The van der Waals surface area contributed by atoms with Gasteiger partial charge in [-0.1, -0.05) is 0 Å². The molecule has 1 heterocycles. The highest BCUT2D eigenvalue weighted by Gasteiger charge is 2.12. The van der Waals surface area contributed by atoms with Crippen LogP contribution >= 0.6 is 0 Å². The summed E-state index contributed by atoms with van der Waals surface area (Å²) >= 11 is 0. The molecule has 0 unspecified atom stereocenters. The zero-order chi connectivity index (χ0) is 18.7. The first kappa shape index (κ1) is 17.5. The van der Waals surface area contributed by atoms with Crippen LogP contribution in [-0.2, 0) is 0 Å². The number of rotatable bonds is 6. The third-order valence-corrected chi connectivity index (χ3v) is 4.00. The number of ether oxygens (including phenoxy) is 3. The summed E-state index contributed by atoms with van der Waals surface area (Å²) in [6.45, 7) is 1.68. The zero-order valence-electron chi connectivity index (χ0n) is 14.7. The Bertz CT molecular complexity index is 1020. The molecule has 0 saturated carbocycles. The fraction of sp³-hybridized carbons (Fsp3) is 0.200. The van der Waals surface area contributed by atoms with Gasteiger partial charge in [0.1, 0.15) is 11.3 Å². The van der Waals surface area contributed by atoms with Crippen LogP contribution in [0.4, 0.5) is 0 Å². The van der Waals surface area contributed by atoms with Crippen molar-refractivity contribution in [2.45, 2.75) is 6.92 Å². The number of carbonyl (C=O) groups excluding carboxylic acids is 1. The first-order valence-corrected chi connectivity index (χ1v) is 7.94. The number of methoxy groups -OCH3 is 2. The Hall–Kier alpha value is -3.28. The highest BCUT2D eigenvalue weighted by Crippen LogP contribution is 2.28. The summed E-state index contributed by atoms with van der Waals surface area (Å²) in [5.74, 6) is 1.25. The van der Waals surface area contributed by atoms with Crippen LogP contribution in [0.15, 0.2) is 51.7 Å². The lowest BCUT2D eigenvalue weighted by Gasteiger charge is -2.10. The van der Waals surface area contributed by atoms with E-state index >= 15 is 0 Å². The molecule has 2 aromatic carbocycles. The van der Waals surface area contributed by atoms with E-state index in [0.29, 0.717) is 28.4 Å².